The lowest BCUT2D eigenvalue weighted by Crippen LogP contribution is -2.27. The Morgan fingerprint density at radius 1 is 1.23 bits per heavy atom. The summed E-state index contributed by atoms with van der Waals surface area (Å²) in [4.78, 5) is 33.2. The van der Waals surface area contributed by atoms with Crippen LogP contribution in [0.25, 0.3) is 10.2 Å². The van der Waals surface area contributed by atoms with Crippen molar-refractivity contribution in [2.75, 3.05) is 12.4 Å². The molecule has 2 heterocycles. The van der Waals surface area contributed by atoms with Gasteiger partial charge in [0, 0.05) is 4.88 Å². The largest absolute Gasteiger partial charge is 0.465 e. The molecule has 1 aliphatic carbocycles. The highest BCUT2D eigenvalue weighted by Crippen LogP contribution is 2.42. The van der Waals surface area contributed by atoms with Gasteiger partial charge in [0.1, 0.15) is 4.83 Å². The summed E-state index contributed by atoms with van der Waals surface area (Å²) in [5.74, 6) is 0.493. The van der Waals surface area contributed by atoms with Crippen LogP contribution in [0.5, 0.6) is 0 Å². The average molecular weight is 513 g/mol. The minimum absolute atomic E-state index is 0.00405. The van der Waals surface area contributed by atoms with Crippen LogP contribution in [-0.2, 0) is 28.9 Å². The standard InChI is InChI=1S/C28H36N2O3S2/c1-5-6-10-15-33-23(31)18-34-27-29-25-24(26(32)30(27)17-19-11-8-7-9-12-19)21-14-13-20(28(2,3)4)16-22(21)35-25/h7-9,11-12,20H,5-6,10,13-18H2,1-4H3. The third-order valence-electron chi connectivity index (χ3n) is 6.87. The number of benzene rings is 1. The third kappa shape index (κ3) is 6.18. The Labute approximate surface area is 216 Å². The predicted octanol–water partition coefficient (Wildman–Crippen LogP) is 6.48. The second kappa shape index (κ2) is 11.3. The van der Waals surface area contributed by atoms with Crippen LogP contribution in [0.15, 0.2) is 40.3 Å². The van der Waals surface area contributed by atoms with Gasteiger partial charge in [0.15, 0.2) is 5.16 Å². The Kier molecular flexibility index (Phi) is 8.38. The van der Waals surface area contributed by atoms with Crippen molar-refractivity contribution in [3.63, 3.8) is 0 Å². The molecule has 3 aromatic rings. The summed E-state index contributed by atoms with van der Waals surface area (Å²) in [6.45, 7) is 9.91. The van der Waals surface area contributed by atoms with Crippen LogP contribution in [0.4, 0.5) is 0 Å². The van der Waals surface area contributed by atoms with E-state index in [4.69, 9.17) is 9.72 Å². The molecule has 0 bridgehead atoms. The second-order valence-electron chi connectivity index (χ2n) is 10.5. The van der Waals surface area contributed by atoms with Crippen LogP contribution in [0.1, 0.15) is 69.4 Å². The van der Waals surface area contributed by atoms with E-state index in [9.17, 15) is 9.59 Å². The quantitative estimate of drug-likeness (QED) is 0.142. The van der Waals surface area contributed by atoms with E-state index in [1.807, 2.05) is 30.3 Å². The van der Waals surface area contributed by atoms with Gasteiger partial charge >= 0.3 is 5.97 Å². The van der Waals surface area contributed by atoms with Gasteiger partial charge < -0.3 is 4.74 Å². The van der Waals surface area contributed by atoms with Gasteiger partial charge in [-0.2, -0.15) is 0 Å². The number of fused-ring (bicyclic) bond motifs is 3. The molecule has 1 aliphatic rings. The lowest BCUT2D eigenvalue weighted by Gasteiger charge is -2.33. The number of carbonyl (C=O) groups is 1. The fourth-order valence-corrected chi connectivity index (χ4v) is 6.84. The highest BCUT2D eigenvalue weighted by molar-refractivity contribution is 7.99. The Bertz CT molecular complexity index is 1220. The number of nitrogens with zero attached hydrogens (tertiary/aromatic N) is 2. The topological polar surface area (TPSA) is 61.2 Å². The first-order valence-corrected chi connectivity index (χ1v) is 14.5. The zero-order chi connectivity index (χ0) is 25.0. The minimum atomic E-state index is -0.259. The molecule has 35 heavy (non-hydrogen) atoms. The summed E-state index contributed by atoms with van der Waals surface area (Å²) < 4.78 is 7.12. The molecule has 0 amide bonds. The number of aryl methyl sites for hydroxylation is 1. The minimum Gasteiger partial charge on any atom is -0.465 e. The number of carbonyl (C=O) groups excluding carboxylic acids is 1. The third-order valence-corrected chi connectivity index (χ3v) is 8.97. The van der Waals surface area contributed by atoms with Gasteiger partial charge in [-0.3, -0.25) is 14.2 Å². The number of thiophene rings is 1. The highest BCUT2D eigenvalue weighted by atomic mass is 32.2. The first-order valence-electron chi connectivity index (χ1n) is 12.6. The van der Waals surface area contributed by atoms with Gasteiger partial charge in [-0.05, 0) is 48.1 Å². The summed E-state index contributed by atoms with van der Waals surface area (Å²) in [7, 11) is 0. The lowest BCUT2D eigenvalue weighted by molar-refractivity contribution is -0.140. The molecule has 1 aromatic carbocycles. The van der Waals surface area contributed by atoms with Gasteiger partial charge in [-0.1, -0.05) is 82.6 Å². The normalized spacial score (nSPS) is 15.8. The number of ether oxygens (including phenoxy) is 1. The molecule has 7 heteroatoms. The fourth-order valence-electron chi connectivity index (χ4n) is 4.70. The summed E-state index contributed by atoms with van der Waals surface area (Å²) in [5, 5.41) is 1.36. The molecule has 0 saturated carbocycles. The average Bonchev–Trinajstić information content (AvgIpc) is 3.20. The first kappa shape index (κ1) is 26.0. The Balaban J connectivity index is 1.66. The number of aromatic nitrogens is 2. The smallest absolute Gasteiger partial charge is 0.316 e. The summed E-state index contributed by atoms with van der Waals surface area (Å²) >= 11 is 2.96. The van der Waals surface area contributed by atoms with Crippen LogP contribution < -0.4 is 5.56 Å². The Hall–Kier alpha value is -2.12. The van der Waals surface area contributed by atoms with E-state index >= 15 is 0 Å². The molecular formula is C28H36N2O3S2. The maximum Gasteiger partial charge on any atom is 0.316 e. The van der Waals surface area contributed by atoms with Gasteiger partial charge in [-0.15, -0.1) is 11.3 Å². The Morgan fingerprint density at radius 3 is 2.71 bits per heavy atom. The van der Waals surface area contributed by atoms with Crippen LogP contribution in [0.3, 0.4) is 0 Å². The molecule has 5 nitrogen and oxygen atoms in total. The van der Waals surface area contributed by atoms with E-state index in [0.717, 1.165) is 54.3 Å². The second-order valence-corrected chi connectivity index (χ2v) is 12.5. The zero-order valence-corrected chi connectivity index (χ0v) is 22.9. The molecule has 4 rings (SSSR count). The molecular weight excluding hydrogens is 476 g/mol. The number of hydrogen-bond donors (Lipinski definition) is 0. The monoisotopic (exact) mass is 512 g/mol. The van der Waals surface area contributed by atoms with E-state index in [1.54, 1.807) is 15.9 Å². The molecule has 1 atom stereocenters. The van der Waals surface area contributed by atoms with Crippen molar-refractivity contribution in [3.8, 4) is 0 Å². The van der Waals surface area contributed by atoms with Crippen molar-refractivity contribution in [2.24, 2.45) is 11.3 Å². The zero-order valence-electron chi connectivity index (χ0n) is 21.3. The highest BCUT2D eigenvalue weighted by Gasteiger charge is 2.32. The number of unbranched alkanes of at least 4 members (excludes halogenated alkanes) is 2. The van der Waals surface area contributed by atoms with Crippen molar-refractivity contribution >= 4 is 39.3 Å². The van der Waals surface area contributed by atoms with E-state index in [1.165, 1.54) is 22.2 Å². The van der Waals surface area contributed by atoms with Gasteiger partial charge in [0.2, 0.25) is 0 Å². The predicted molar refractivity (Wildman–Crippen MR) is 146 cm³/mol. The maximum absolute atomic E-state index is 13.9. The van der Waals surface area contributed by atoms with Crippen molar-refractivity contribution in [1.82, 2.24) is 9.55 Å². The molecule has 0 aliphatic heterocycles. The SMILES string of the molecule is CCCCCOC(=O)CSc1nc2sc3c(c2c(=O)n1Cc1ccccc1)CCC(C(C)(C)C)C3. The molecule has 2 aromatic heterocycles. The maximum atomic E-state index is 13.9. The number of thioether (sulfide) groups is 1. The van der Waals surface area contributed by atoms with E-state index in [-0.39, 0.29) is 22.7 Å². The van der Waals surface area contributed by atoms with Crippen LogP contribution in [0.2, 0.25) is 0 Å². The number of hydrogen-bond acceptors (Lipinski definition) is 6. The molecule has 0 radical (unpaired) electrons. The number of esters is 1. The van der Waals surface area contributed by atoms with E-state index < -0.39 is 0 Å². The fraction of sp³-hybridized carbons (Fsp3) is 0.536. The molecule has 1 unspecified atom stereocenters. The van der Waals surface area contributed by atoms with Crippen LogP contribution in [-0.4, -0.2) is 27.9 Å². The summed E-state index contributed by atoms with van der Waals surface area (Å²) in [5.41, 5.74) is 2.48. The van der Waals surface area contributed by atoms with Crippen molar-refractivity contribution in [2.45, 2.75) is 77.9 Å². The van der Waals surface area contributed by atoms with Crippen LogP contribution >= 0.6 is 23.1 Å². The Morgan fingerprint density at radius 2 is 2.00 bits per heavy atom. The number of rotatable bonds is 9. The van der Waals surface area contributed by atoms with Crippen molar-refractivity contribution in [1.29, 1.82) is 0 Å². The van der Waals surface area contributed by atoms with Gasteiger partial charge in [-0.25, -0.2) is 4.98 Å². The van der Waals surface area contributed by atoms with Gasteiger partial charge in [0.25, 0.3) is 5.56 Å². The lowest BCUT2D eigenvalue weighted by atomic mass is 9.72. The molecule has 0 spiro atoms. The van der Waals surface area contributed by atoms with Crippen molar-refractivity contribution in [3.05, 3.63) is 56.7 Å². The van der Waals surface area contributed by atoms with Gasteiger partial charge in [0.05, 0.1) is 24.3 Å². The van der Waals surface area contributed by atoms with Crippen LogP contribution in [0, 0.1) is 11.3 Å². The van der Waals surface area contributed by atoms with E-state index in [2.05, 4.69) is 27.7 Å². The van der Waals surface area contributed by atoms with E-state index in [0.29, 0.717) is 24.2 Å². The molecule has 0 saturated heterocycles. The molecule has 0 fully saturated rings. The molecule has 188 valence electrons. The summed E-state index contributed by atoms with van der Waals surface area (Å²) in [6, 6.07) is 9.96. The van der Waals surface area contributed by atoms with Crippen molar-refractivity contribution < 1.29 is 9.53 Å². The first-order chi connectivity index (χ1) is 16.8. The molecule has 0 N–H and O–H groups in total. The summed E-state index contributed by atoms with van der Waals surface area (Å²) in [6.07, 6.45) is 6.05.